The van der Waals surface area contributed by atoms with Gasteiger partial charge in [0, 0.05) is 43.9 Å². The molecular formula is C45H30N4O. The topological polar surface area (TPSA) is 54.8 Å². The Morgan fingerprint density at radius 1 is 0.440 bits per heavy atom. The molecule has 0 bridgehead atoms. The van der Waals surface area contributed by atoms with Gasteiger partial charge in [0.2, 0.25) is 0 Å². The first-order valence-corrected chi connectivity index (χ1v) is 16.9. The number of hydrogen-bond acceptors (Lipinski definition) is 4. The van der Waals surface area contributed by atoms with E-state index in [-0.39, 0.29) is 0 Å². The molecule has 0 atom stereocenters. The van der Waals surface area contributed by atoms with Crippen molar-refractivity contribution in [3.63, 3.8) is 0 Å². The van der Waals surface area contributed by atoms with Gasteiger partial charge in [-0.15, -0.1) is 0 Å². The molecule has 0 aliphatic carbocycles. The van der Waals surface area contributed by atoms with Crippen LogP contribution >= 0.6 is 0 Å². The highest BCUT2D eigenvalue weighted by Crippen LogP contribution is 2.38. The van der Waals surface area contributed by atoms with Crippen LogP contribution < -0.4 is 5.32 Å². The number of amidine groups is 2. The van der Waals surface area contributed by atoms with Gasteiger partial charge in [0.1, 0.15) is 22.8 Å². The van der Waals surface area contributed by atoms with Crippen LogP contribution in [0.5, 0.6) is 0 Å². The smallest absolute Gasteiger partial charge is 0.169 e. The molecule has 0 unspecified atom stereocenters. The van der Waals surface area contributed by atoms with Crippen molar-refractivity contribution in [3.8, 4) is 16.8 Å². The summed E-state index contributed by atoms with van der Waals surface area (Å²) in [5.41, 5.74) is 10.5. The second-order valence-electron chi connectivity index (χ2n) is 12.7. The van der Waals surface area contributed by atoms with Crippen LogP contribution in [0, 0.1) is 0 Å². The van der Waals surface area contributed by atoms with Crippen molar-refractivity contribution in [1.29, 1.82) is 0 Å². The molecule has 10 rings (SSSR count). The van der Waals surface area contributed by atoms with Crippen LogP contribution in [0.1, 0.15) is 22.9 Å². The summed E-state index contributed by atoms with van der Waals surface area (Å²) in [6.07, 6.45) is -0.423. The summed E-state index contributed by atoms with van der Waals surface area (Å²) in [4.78, 5) is 10.1. The number of hydrogen-bond donors (Lipinski definition) is 1. The molecule has 0 saturated carbocycles. The van der Waals surface area contributed by atoms with E-state index in [9.17, 15) is 0 Å². The molecule has 0 saturated heterocycles. The predicted octanol–water partition coefficient (Wildman–Crippen LogP) is 10.8. The van der Waals surface area contributed by atoms with E-state index in [1.54, 1.807) is 0 Å². The number of rotatable bonds is 5. The van der Waals surface area contributed by atoms with Gasteiger partial charge >= 0.3 is 0 Å². The van der Waals surface area contributed by atoms with Crippen LogP contribution in [0.3, 0.4) is 0 Å². The number of nitrogens with zero attached hydrogens (tertiary/aromatic N) is 3. The third-order valence-electron chi connectivity index (χ3n) is 9.65. The summed E-state index contributed by atoms with van der Waals surface area (Å²) < 4.78 is 8.86. The van der Waals surface area contributed by atoms with Crippen molar-refractivity contribution in [2.45, 2.75) is 6.17 Å². The summed E-state index contributed by atoms with van der Waals surface area (Å²) in [6.45, 7) is 0. The molecule has 236 valence electrons. The molecule has 9 aromatic rings. The molecule has 0 radical (unpaired) electrons. The lowest BCUT2D eigenvalue weighted by atomic mass is 10.0. The first-order chi connectivity index (χ1) is 24.8. The SMILES string of the molecule is c1ccc(C2=NC(c3ccc4c(c3)oc3ccc(-n5c6ccccc6c6cc(-c7ccccc7)ccc65)cc34)N=C(c3ccccc3)N2)cc1. The normalized spacial score (nSPS) is 13.5. The largest absolute Gasteiger partial charge is 0.456 e. The molecule has 7 aromatic carbocycles. The number of aliphatic imine (C=N–C) groups is 2. The summed E-state index contributed by atoms with van der Waals surface area (Å²) in [6, 6.07) is 59.3. The van der Waals surface area contributed by atoms with E-state index >= 15 is 0 Å². The number of aromatic nitrogens is 1. The zero-order valence-electron chi connectivity index (χ0n) is 27.0. The van der Waals surface area contributed by atoms with Crippen molar-refractivity contribution < 1.29 is 4.42 Å². The van der Waals surface area contributed by atoms with E-state index < -0.39 is 6.17 Å². The lowest BCUT2D eigenvalue weighted by Gasteiger charge is -2.22. The Bertz CT molecular complexity index is 2720. The Balaban J connectivity index is 1.08. The highest BCUT2D eigenvalue weighted by Gasteiger charge is 2.22. The van der Waals surface area contributed by atoms with E-state index in [2.05, 4.69) is 143 Å². The summed E-state index contributed by atoms with van der Waals surface area (Å²) in [7, 11) is 0. The second kappa shape index (κ2) is 11.5. The number of benzene rings is 7. The Morgan fingerprint density at radius 3 is 1.80 bits per heavy atom. The molecule has 0 amide bonds. The molecule has 5 heteroatoms. The molecule has 50 heavy (non-hydrogen) atoms. The van der Waals surface area contributed by atoms with E-state index in [4.69, 9.17) is 14.4 Å². The zero-order valence-corrected chi connectivity index (χ0v) is 27.0. The number of furan rings is 1. The molecule has 0 spiro atoms. The van der Waals surface area contributed by atoms with Crippen LogP contribution in [0.15, 0.2) is 184 Å². The van der Waals surface area contributed by atoms with Crippen molar-refractivity contribution in [2.75, 3.05) is 0 Å². The van der Waals surface area contributed by atoms with Gasteiger partial charge in [-0.2, -0.15) is 0 Å². The standard InChI is InChI=1S/C45H30N4O/c1-4-12-29(13-5-1)32-21-24-40-37(26-32)35-18-10-11-19-39(35)49(40)34-22-25-41-38(28-34)36-23-20-33(27-42(36)50-41)45-47-43(30-14-6-2-7-15-30)46-44(48-45)31-16-8-3-9-17-31/h1-28,45H,(H,46,47,48). The van der Waals surface area contributed by atoms with Crippen LogP contribution in [0.2, 0.25) is 0 Å². The lowest BCUT2D eigenvalue weighted by Crippen LogP contribution is -2.35. The summed E-state index contributed by atoms with van der Waals surface area (Å²) in [5.74, 6) is 1.58. The maximum Gasteiger partial charge on any atom is 0.169 e. The van der Waals surface area contributed by atoms with Crippen LogP contribution in [-0.2, 0) is 0 Å². The van der Waals surface area contributed by atoms with E-state index in [0.29, 0.717) is 0 Å². The molecule has 0 fully saturated rings. The third kappa shape index (κ3) is 4.71. The minimum Gasteiger partial charge on any atom is -0.456 e. The van der Waals surface area contributed by atoms with Crippen molar-refractivity contribution in [1.82, 2.24) is 9.88 Å². The van der Waals surface area contributed by atoms with Gasteiger partial charge in [-0.05, 0) is 53.6 Å². The number of para-hydroxylation sites is 1. The van der Waals surface area contributed by atoms with E-state index in [1.165, 1.54) is 32.9 Å². The van der Waals surface area contributed by atoms with Gasteiger partial charge in [0.25, 0.3) is 0 Å². The fraction of sp³-hybridized carbons (Fsp3) is 0.0222. The average molecular weight is 643 g/mol. The molecular weight excluding hydrogens is 613 g/mol. The van der Waals surface area contributed by atoms with Gasteiger partial charge in [-0.1, -0.05) is 127 Å². The molecule has 5 nitrogen and oxygen atoms in total. The Hall–Kier alpha value is -6.72. The first-order valence-electron chi connectivity index (χ1n) is 16.9. The maximum atomic E-state index is 6.50. The fourth-order valence-corrected chi connectivity index (χ4v) is 7.23. The second-order valence-corrected chi connectivity index (χ2v) is 12.7. The average Bonchev–Trinajstić information content (AvgIpc) is 3.73. The lowest BCUT2D eigenvalue weighted by molar-refractivity contribution is 0.665. The number of fused-ring (bicyclic) bond motifs is 6. The van der Waals surface area contributed by atoms with Gasteiger partial charge in [0.15, 0.2) is 6.17 Å². The van der Waals surface area contributed by atoms with E-state index in [1.807, 2.05) is 36.4 Å². The monoisotopic (exact) mass is 642 g/mol. The third-order valence-corrected chi connectivity index (χ3v) is 9.65. The van der Waals surface area contributed by atoms with Crippen LogP contribution in [0.4, 0.5) is 0 Å². The van der Waals surface area contributed by atoms with Crippen LogP contribution in [0.25, 0.3) is 60.6 Å². The quantitative estimate of drug-likeness (QED) is 0.203. The molecule has 3 heterocycles. The Morgan fingerprint density at radius 2 is 1.08 bits per heavy atom. The minimum atomic E-state index is -0.423. The first kappa shape index (κ1) is 28.3. The van der Waals surface area contributed by atoms with Crippen molar-refractivity contribution in [2.24, 2.45) is 9.98 Å². The van der Waals surface area contributed by atoms with Gasteiger partial charge < -0.3 is 14.3 Å². The highest BCUT2D eigenvalue weighted by atomic mass is 16.3. The van der Waals surface area contributed by atoms with Crippen LogP contribution in [-0.4, -0.2) is 16.2 Å². The van der Waals surface area contributed by atoms with Gasteiger partial charge in [0.05, 0.1) is 11.0 Å². The maximum absolute atomic E-state index is 6.50. The van der Waals surface area contributed by atoms with Crippen molar-refractivity contribution in [3.05, 3.63) is 187 Å². The van der Waals surface area contributed by atoms with Crippen molar-refractivity contribution >= 4 is 55.4 Å². The van der Waals surface area contributed by atoms with Gasteiger partial charge in [-0.3, -0.25) is 0 Å². The zero-order chi connectivity index (χ0) is 33.0. The fourth-order valence-electron chi connectivity index (χ4n) is 7.23. The van der Waals surface area contributed by atoms with E-state index in [0.717, 1.165) is 56.0 Å². The molecule has 1 aliphatic heterocycles. The molecule has 1 aliphatic rings. The highest BCUT2D eigenvalue weighted by molar-refractivity contribution is 6.16. The predicted molar refractivity (Wildman–Crippen MR) is 205 cm³/mol. The summed E-state index contributed by atoms with van der Waals surface area (Å²) >= 11 is 0. The Labute approximate surface area is 288 Å². The summed E-state index contributed by atoms with van der Waals surface area (Å²) in [5, 5.41) is 8.07. The molecule has 2 aromatic heterocycles. The number of nitrogens with one attached hydrogen (secondary N) is 1. The van der Waals surface area contributed by atoms with Gasteiger partial charge in [-0.25, -0.2) is 9.98 Å². The minimum absolute atomic E-state index is 0.423. The molecule has 1 N–H and O–H groups in total. The Kier molecular flexibility index (Phi) is 6.49.